The first kappa shape index (κ1) is 39.4. The molecule has 264 valence electrons. The summed E-state index contributed by atoms with van der Waals surface area (Å²) in [5, 5.41) is -0.130. The van der Waals surface area contributed by atoms with Gasteiger partial charge < -0.3 is 14.5 Å². The normalized spacial score (nSPS) is 13.4. The molecule has 0 aliphatic rings. The Kier molecular flexibility index (Phi) is 12.6. The van der Waals surface area contributed by atoms with Gasteiger partial charge in [0.25, 0.3) is 10.1 Å². The number of rotatable bonds is 8. The number of para-hydroxylation sites is 2. The van der Waals surface area contributed by atoms with Gasteiger partial charge in [0.05, 0.1) is 27.6 Å². The van der Waals surface area contributed by atoms with Gasteiger partial charge in [0.15, 0.2) is 0 Å². The quantitative estimate of drug-likeness (QED) is 0.0852. The number of aromatic nitrogens is 6. The van der Waals surface area contributed by atoms with Gasteiger partial charge in [-0.15, -0.1) is 0 Å². The fraction of sp³-hybridized carbons (Fsp3) is 0. The van der Waals surface area contributed by atoms with Crippen LogP contribution in [0.3, 0.4) is 0 Å². The fourth-order valence-electron chi connectivity index (χ4n) is 4.57. The minimum absolute atomic E-state index is 0. The third-order valence-electron chi connectivity index (χ3n) is 6.76. The molecule has 6 aromatic rings. The van der Waals surface area contributed by atoms with Crippen molar-refractivity contribution in [2.75, 3.05) is 0 Å². The van der Waals surface area contributed by atoms with Crippen molar-refractivity contribution in [1.82, 2.24) is 29.9 Å². The SMILES string of the molecule is O=S(=O)([O-])c1cc(N=c2[nH]c(Cl)nc(=Nc3ccccc3)[nH]2)ccc1/C=C/c1ccc(N=c2[nH]c(Cl)nc(=Nc3ccccc3)[nH]2)cc1S(=O)(=O)O.[Na+]. The van der Waals surface area contributed by atoms with Gasteiger partial charge in [0, 0.05) is 0 Å². The molecule has 4 aromatic carbocycles. The average molecular weight is 802 g/mol. The molecule has 21 heteroatoms. The summed E-state index contributed by atoms with van der Waals surface area (Å²) in [7, 11) is -9.90. The average Bonchev–Trinajstić information content (AvgIpc) is 3.07. The van der Waals surface area contributed by atoms with Gasteiger partial charge >= 0.3 is 29.6 Å². The Morgan fingerprint density at radius 2 is 1.00 bits per heavy atom. The Morgan fingerprint density at radius 1 is 0.585 bits per heavy atom. The van der Waals surface area contributed by atoms with Crippen LogP contribution in [0, 0.1) is 0 Å². The van der Waals surface area contributed by atoms with E-state index >= 15 is 0 Å². The van der Waals surface area contributed by atoms with E-state index in [1.807, 2.05) is 12.1 Å². The van der Waals surface area contributed by atoms with Crippen molar-refractivity contribution in [1.29, 1.82) is 0 Å². The predicted molar refractivity (Wildman–Crippen MR) is 189 cm³/mol. The van der Waals surface area contributed by atoms with Gasteiger partial charge in [-0.05, 0) is 82.9 Å². The second kappa shape index (κ2) is 16.9. The molecule has 0 radical (unpaired) electrons. The van der Waals surface area contributed by atoms with Gasteiger partial charge in [0.2, 0.25) is 33.0 Å². The number of halogens is 2. The summed E-state index contributed by atoms with van der Waals surface area (Å²) in [4.78, 5) is 35.2. The first-order valence-corrected chi connectivity index (χ1v) is 18.3. The Labute approximate surface area is 332 Å². The second-order valence-corrected chi connectivity index (χ2v) is 13.9. The molecule has 2 heterocycles. The number of H-pyrrole nitrogens is 4. The van der Waals surface area contributed by atoms with E-state index in [4.69, 9.17) is 23.2 Å². The van der Waals surface area contributed by atoms with Crippen molar-refractivity contribution >= 4 is 78.3 Å². The van der Waals surface area contributed by atoms with Crippen molar-refractivity contribution in [2.45, 2.75) is 9.79 Å². The van der Waals surface area contributed by atoms with E-state index in [1.54, 1.807) is 48.5 Å². The van der Waals surface area contributed by atoms with Crippen molar-refractivity contribution in [3.63, 3.8) is 0 Å². The molecule has 0 unspecified atom stereocenters. The van der Waals surface area contributed by atoms with Crippen LogP contribution in [0.4, 0.5) is 22.7 Å². The standard InChI is InChI=1S/C32H24Cl2N10O6S2.Na/c33-27-39-29(35-21-7-3-1-4-8-21)43-31(41-27)37-23-15-13-19(25(17-23)51(45,46)47)11-12-20-14-16-24(18-26(20)52(48,49)50)38-32-42-28(34)40-30(44-32)36-22-9-5-2-6-10-22;/h1-18H,(H,45,46,47)(H,48,49,50)(H2,35,37,39,41,43)(H2,36,38,40,42,44);/q;+1/p-1/b12-11+;. The monoisotopic (exact) mass is 800 g/mol. The third kappa shape index (κ3) is 10.9. The zero-order chi connectivity index (χ0) is 36.9. The van der Waals surface area contributed by atoms with Crippen molar-refractivity contribution in [3.8, 4) is 0 Å². The number of nitrogens with one attached hydrogen (secondary N) is 4. The molecule has 0 atom stereocenters. The van der Waals surface area contributed by atoms with Crippen LogP contribution < -0.4 is 52.0 Å². The zero-order valence-corrected chi connectivity index (χ0v) is 32.3. The predicted octanol–water partition coefficient (Wildman–Crippen LogP) is 1.35. The number of hydrogen-bond donors (Lipinski definition) is 5. The summed E-state index contributed by atoms with van der Waals surface area (Å²) in [6.45, 7) is 0. The van der Waals surface area contributed by atoms with E-state index in [9.17, 15) is 25.9 Å². The molecule has 53 heavy (non-hydrogen) atoms. The summed E-state index contributed by atoms with van der Waals surface area (Å²) in [5.74, 6) is 0. The van der Waals surface area contributed by atoms with Crippen molar-refractivity contribution in [3.05, 3.63) is 141 Å². The van der Waals surface area contributed by atoms with Gasteiger partial charge in [-0.2, -0.15) is 18.4 Å². The number of benzene rings is 4. The summed E-state index contributed by atoms with van der Waals surface area (Å²) in [6, 6.07) is 25.3. The molecule has 0 spiro atoms. The molecule has 0 aliphatic heterocycles. The van der Waals surface area contributed by atoms with Gasteiger partial charge in [0.1, 0.15) is 15.0 Å². The Morgan fingerprint density at radius 3 is 1.42 bits per heavy atom. The van der Waals surface area contributed by atoms with Crippen LogP contribution in [-0.4, -0.2) is 55.8 Å². The maximum Gasteiger partial charge on any atom is 1.00 e. The van der Waals surface area contributed by atoms with E-state index in [1.165, 1.54) is 36.4 Å². The van der Waals surface area contributed by atoms with Crippen LogP contribution in [0.25, 0.3) is 12.2 Å². The minimum atomic E-state index is -5.07. The van der Waals surface area contributed by atoms with E-state index in [2.05, 4.69) is 49.9 Å². The number of aromatic amines is 4. The molecular weight excluding hydrogens is 778 g/mol. The summed E-state index contributed by atoms with van der Waals surface area (Å²) < 4.78 is 71.8. The fourth-order valence-corrected chi connectivity index (χ4v) is 6.31. The first-order chi connectivity index (χ1) is 24.8. The Hall–Kier alpha value is -4.76. The zero-order valence-electron chi connectivity index (χ0n) is 27.1. The van der Waals surface area contributed by atoms with Crippen LogP contribution in [0.5, 0.6) is 0 Å². The summed E-state index contributed by atoms with van der Waals surface area (Å²) >= 11 is 12.2. The Bertz CT molecular complexity index is 2650. The van der Waals surface area contributed by atoms with Crippen LogP contribution in [0.1, 0.15) is 11.1 Å². The molecular formula is C32H23Cl2N10NaO6S2. The molecule has 0 aliphatic carbocycles. The minimum Gasteiger partial charge on any atom is -0.744 e. The van der Waals surface area contributed by atoms with Gasteiger partial charge in [-0.3, -0.25) is 14.5 Å². The van der Waals surface area contributed by atoms with Crippen molar-refractivity contribution < 1.29 is 55.5 Å². The van der Waals surface area contributed by atoms with Crippen LogP contribution >= 0.6 is 23.2 Å². The second-order valence-electron chi connectivity index (χ2n) is 10.5. The van der Waals surface area contributed by atoms with E-state index < -0.39 is 30.0 Å². The summed E-state index contributed by atoms with van der Waals surface area (Å²) in [6.07, 6.45) is 2.42. The molecule has 0 bridgehead atoms. The van der Waals surface area contributed by atoms with Crippen LogP contribution in [0.2, 0.25) is 10.6 Å². The molecule has 0 fully saturated rings. The molecule has 0 saturated heterocycles. The maximum absolute atomic E-state index is 12.4. The third-order valence-corrected chi connectivity index (χ3v) is 8.92. The maximum atomic E-state index is 12.4. The van der Waals surface area contributed by atoms with Crippen LogP contribution in [-0.2, 0) is 20.2 Å². The Balaban J connectivity index is 0.00000541. The molecule has 16 nitrogen and oxygen atoms in total. The molecule has 0 amide bonds. The largest absolute Gasteiger partial charge is 1.00 e. The molecule has 0 saturated carbocycles. The van der Waals surface area contributed by atoms with Crippen molar-refractivity contribution in [2.24, 2.45) is 20.0 Å². The van der Waals surface area contributed by atoms with E-state index in [0.717, 1.165) is 12.1 Å². The van der Waals surface area contributed by atoms with Gasteiger partial charge in [-0.1, -0.05) is 60.7 Å². The smallest absolute Gasteiger partial charge is 0.744 e. The molecule has 2 aromatic heterocycles. The topological polar surface area (TPSA) is 250 Å². The summed E-state index contributed by atoms with van der Waals surface area (Å²) in [5.41, 5.74) is 1.45. The van der Waals surface area contributed by atoms with Crippen LogP contribution in [0.15, 0.2) is 127 Å². The number of hydrogen-bond acceptors (Lipinski definition) is 11. The first-order valence-electron chi connectivity index (χ1n) is 14.7. The number of nitrogens with zero attached hydrogens (tertiary/aromatic N) is 6. The van der Waals surface area contributed by atoms with E-state index in [0.29, 0.717) is 11.4 Å². The van der Waals surface area contributed by atoms with E-state index in [-0.39, 0.29) is 85.1 Å². The van der Waals surface area contributed by atoms with Gasteiger partial charge in [-0.25, -0.2) is 28.4 Å². The molecule has 5 N–H and O–H groups in total. The molecule has 6 rings (SSSR count).